The molecule has 1 aromatic heterocycles. The highest BCUT2D eigenvalue weighted by Gasteiger charge is 2.09. The van der Waals surface area contributed by atoms with Gasteiger partial charge >= 0.3 is 5.63 Å². The monoisotopic (exact) mass is 254 g/mol. The van der Waals surface area contributed by atoms with E-state index < -0.39 is 5.63 Å². The fraction of sp³-hybridized carbons (Fsp3) is 0.308. The Morgan fingerprint density at radius 1 is 1.35 bits per heavy atom. The minimum absolute atomic E-state index is 0.109. The molecule has 17 heavy (non-hydrogen) atoms. The molecule has 0 aliphatic rings. The van der Waals surface area contributed by atoms with Crippen LogP contribution in [0.1, 0.15) is 25.0 Å². The van der Waals surface area contributed by atoms with Crippen molar-refractivity contribution < 1.29 is 9.52 Å². The van der Waals surface area contributed by atoms with E-state index in [4.69, 9.17) is 16.0 Å². The van der Waals surface area contributed by atoms with Crippen LogP contribution < -0.4 is 5.63 Å². The summed E-state index contributed by atoms with van der Waals surface area (Å²) in [5.74, 6) is 0.351. The molecule has 4 heteroatoms. The van der Waals surface area contributed by atoms with Crippen LogP contribution in [0.4, 0.5) is 0 Å². The Hall–Kier alpha value is -1.48. The molecule has 1 heterocycles. The van der Waals surface area contributed by atoms with Crippen LogP contribution in [0.2, 0.25) is 0 Å². The normalized spacial score (nSPS) is 9.88. The van der Waals surface area contributed by atoms with Crippen molar-refractivity contribution in [3.8, 4) is 5.75 Å². The van der Waals surface area contributed by atoms with Crippen molar-refractivity contribution in [2.75, 3.05) is 0 Å². The average Bonchev–Trinajstić information content (AvgIpc) is 2.36. The van der Waals surface area contributed by atoms with E-state index in [1.807, 2.05) is 13.8 Å². The van der Waals surface area contributed by atoms with E-state index in [9.17, 15) is 9.90 Å². The first-order chi connectivity index (χ1) is 8.13. The average molecular weight is 255 g/mol. The summed E-state index contributed by atoms with van der Waals surface area (Å²) in [5, 5.41) is 10.2. The number of halogens is 1. The Balaban J connectivity index is 0.000000686. The Bertz CT molecular complexity index is 573. The molecule has 0 bridgehead atoms. The molecule has 0 aliphatic heterocycles. The van der Waals surface area contributed by atoms with E-state index in [1.54, 1.807) is 19.1 Å². The maximum absolute atomic E-state index is 11.2. The molecule has 0 spiro atoms. The van der Waals surface area contributed by atoms with Crippen LogP contribution in [0.15, 0.2) is 27.4 Å². The van der Waals surface area contributed by atoms with Crippen molar-refractivity contribution in [2.24, 2.45) is 0 Å². The molecule has 2 rings (SSSR count). The van der Waals surface area contributed by atoms with Gasteiger partial charge in [0.2, 0.25) is 0 Å². The first-order valence-corrected chi connectivity index (χ1v) is 5.98. The molecule has 0 amide bonds. The summed E-state index contributed by atoms with van der Waals surface area (Å²) in [4.78, 5) is 11.2. The molecular formula is C13H15ClO3. The van der Waals surface area contributed by atoms with Crippen LogP contribution in [0.3, 0.4) is 0 Å². The lowest BCUT2D eigenvalue weighted by Crippen LogP contribution is -2.00. The van der Waals surface area contributed by atoms with E-state index in [-0.39, 0.29) is 11.6 Å². The van der Waals surface area contributed by atoms with Gasteiger partial charge in [0.25, 0.3) is 0 Å². The molecule has 0 unspecified atom stereocenters. The summed E-state index contributed by atoms with van der Waals surface area (Å²) >= 11 is 5.73. The highest BCUT2D eigenvalue weighted by Crippen LogP contribution is 2.27. The van der Waals surface area contributed by atoms with Gasteiger partial charge < -0.3 is 9.52 Å². The molecular weight excluding hydrogens is 240 g/mol. The highest BCUT2D eigenvalue weighted by atomic mass is 35.5. The molecule has 0 fully saturated rings. The molecule has 2 aromatic rings. The van der Waals surface area contributed by atoms with Gasteiger partial charge in [-0.3, -0.25) is 0 Å². The SMILES string of the molecule is CC.Cc1c(O)ccc2c(CCl)cc(=O)oc12. The van der Waals surface area contributed by atoms with Gasteiger partial charge in [0.1, 0.15) is 11.3 Å². The van der Waals surface area contributed by atoms with Crippen molar-refractivity contribution in [3.63, 3.8) is 0 Å². The minimum Gasteiger partial charge on any atom is -0.508 e. The number of benzene rings is 1. The Morgan fingerprint density at radius 2 is 2.00 bits per heavy atom. The van der Waals surface area contributed by atoms with Gasteiger partial charge in [-0.1, -0.05) is 13.8 Å². The number of hydrogen-bond donors (Lipinski definition) is 1. The van der Waals surface area contributed by atoms with E-state index in [2.05, 4.69) is 0 Å². The minimum atomic E-state index is -0.452. The van der Waals surface area contributed by atoms with Crippen LogP contribution in [0.25, 0.3) is 11.0 Å². The number of rotatable bonds is 1. The third kappa shape index (κ3) is 2.61. The molecule has 1 N–H and O–H groups in total. The zero-order valence-corrected chi connectivity index (χ0v) is 10.8. The maximum atomic E-state index is 11.2. The lowest BCUT2D eigenvalue weighted by molar-refractivity contribution is 0.468. The number of alkyl halides is 1. The molecule has 0 atom stereocenters. The summed E-state index contributed by atoms with van der Waals surface area (Å²) in [7, 11) is 0. The van der Waals surface area contributed by atoms with Crippen LogP contribution in [0.5, 0.6) is 5.75 Å². The lowest BCUT2D eigenvalue weighted by atomic mass is 10.1. The third-order valence-corrected chi connectivity index (χ3v) is 2.65. The van der Waals surface area contributed by atoms with Crippen molar-refractivity contribution in [1.29, 1.82) is 0 Å². The summed E-state index contributed by atoms with van der Waals surface area (Å²) in [6.45, 7) is 5.69. The van der Waals surface area contributed by atoms with Crippen molar-refractivity contribution in [2.45, 2.75) is 26.7 Å². The third-order valence-electron chi connectivity index (χ3n) is 2.36. The fourth-order valence-electron chi connectivity index (χ4n) is 1.53. The molecule has 0 saturated carbocycles. The first-order valence-electron chi connectivity index (χ1n) is 5.44. The summed E-state index contributed by atoms with van der Waals surface area (Å²) in [5.41, 5.74) is 1.22. The second-order valence-electron chi connectivity index (χ2n) is 3.31. The second-order valence-corrected chi connectivity index (χ2v) is 3.58. The molecule has 1 aromatic carbocycles. The van der Waals surface area contributed by atoms with Gasteiger partial charge in [0.15, 0.2) is 0 Å². The van der Waals surface area contributed by atoms with Gasteiger partial charge in [-0.05, 0) is 24.6 Å². The first kappa shape index (κ1) is 13.6. The van der Waals surface area contributed by atoms with E-state index >= 15 is 0 Å². The van der Waals surface area contributed by atoms with Crippen molar-refractivity contribution in [3.05, 3.63) is 39.7 Å². The summed E-state index contributed by atoms with van der Waals surface area (Å²) in [6.07, 6.45) is 0. The predicted octanol–water partition coefficient (Wildman–Crippen LogP) is 3.57. The zero-order valence-electron chi connectivity index (χ0n) is 10.1. The quantitative estimate of drug-likeness (QED) is 0.625. The van der Waals surface area contributed by atoms with Crippen molar-refractivity contribution >= 4 is 22.6 Å². The standard InChI is InChI=1S/C11H9ClO3.C2H6/c1-6-9(13)3-2-8-7(5-12)4-10(14)15-11(6)8;1-2/h2-4,13H,5H2,1H3;1-2H3. The van der Waals surface area contributed by atoms with Crippen molar-refractivity contribution in [1.82, 2.24) is 0 Å². The molecule has 0 radical (unpaired) electrons. The lowest BCUT2D eigenvalue weighted by Gasteiger charge is -2.05. The summed E-state index contributed by atoms with van der Waals surface area (Å²) < 4.78 is 5.04. The van der Waals surface area contributed by atoms with Crippen LogP contribution in [0, 0.1) is 6.92 Å². The second kappa shape index (κ2) is 5.73. The number of hydrogen-bond acceptors (Lipinski definition) is 3. The Morgan fingerprint density at radius 3 is 2.59 bits per heavy atom. The van der Waals surface area contributed by atoms with Gasteiger partial charge in [0, 0.05) is 22.9 Å². The number of fused-ring (bicyclic) bond motifs is 1. The number of phenolic OH excluding ortho intramolecular Hbond substituents is 1. The predicted molar refractivity (Wildman–Crippen MR) is 69.8 cm³/mol. The van der Waals surface area contributed by atoms with Gasteiger partial charge in [0.05, 0.1) is 0 Å². The molecule has 3 nitrogen and oxygen atoms in total. The topological polar surface area (TPSA) is 50.4 Å². The Labute approximate surface area is 105 Å². The number of aromatic hydroxyl groups is 1. The molecule has 0 aliphatic carbocycles. The van der Waals surface area contributed by atoms with Crippen LogP contribution >= 0.6 is 11.6 Å². The largest absolute Gasteiger partial charge is 0.508 e. The molecule has 0 saturated heterocycles. The fourth-order valence-corrected chi connectivity index (χ4v) is 1.75. The van der Waals surface area contributed by atoms with E-state index in [0.717, 1.165) is 5.39 Å². The zero-order chi connectivity index (χ0) is 13.0. The van der Waals surface area contributed by atoms with E-state index in [0.29, 0.717) is 16.7 Å². The number of aryl methyl sites for hydroxylation is 1. The van der Waals surface area contributed by atoms with Gasteiger partial charge in [-0.25, -0.2) is 4.79 Å². The number of phenols is 1. The smallest absolute Gasteiger partial charge is 0.336 e. The summed E-state index contributed by atoms with van der Waals surface area (Å²) in [6, 6.07) is 4.62. The van der Waals surface area contributed by atoms with Crippen LogP contribution in [-0.4, -0.2) is 5.11 Å². The van der Waals surface area contributed by atoms with Crippen LogP contribution in [-0.2, 0) is 5.88 Å². The van der Waals surface area contributed by atoms with Gasteiger partial charge in [-0.15, -0.1) is 11.6 Å². The molecule has 92 valence electrons. The van der Waals surface area contributed by atoms with E-state index in [1.165, 1.54) is 6.07 Å². The highest BCUT2D eigenvalue weighted by molar-refractivity contribution is 6.18. The van der Waals surface area contributed by atoms with Gasteiger partial charge in [-0.2, -0.15) is 0 Å². The Kier molecular flexibility index (Phi) is 4.58. The maximum Gasteiger partial charge on any atom is 0.336 e.